The van der Waals surface area contributed by atoms with Crippen molar-refractivity contribution in [2.75, 3.05) is 5.32 Å². The summed E-state index contributed by atoms with van der Waals surface area (Å²) in [6.07, 6.45) is 1.74. The molecule has 30 heavy (non-hydrogen) atoms. The standard InChI is InChI=1S/C22H19ClN6O/c1-12-7-4-5-8-13(12)11-29-20-14(9-6-10-24-20)16(28-29)19-25-17(23)15-18(26-19)27-21(30)22(15,2)3/h4-10H,11H2,1-3H3,(H,25,26,27,30). The first-order valence-corrected chi connectivity index (χ1v) is 10.00. The number of rotatable bonds is 3. The molecule has 0 atom stereocenters. The zero-order chi connectivity index (χ0) is 21.0. The van der Waals surface area contributed by atoms with Crippen molar-refractivity contribution in [3.8, 4) is 11.5 Å². The number of fused-ring (bicyclic) bond motifs is 2. The van der Waals surface area contributed by atoms with Crippen LogP contribution < -0.4 is 5.32 Å². The van der Waals surface area contributed by atoms with E-state index in [0.717, 1.165) is 16.6 Å². The van der Waals surface area contributed by atoms with Crippen molar-refractivity contribution in [2.24, 2.45) is 0 Å². The van der Waals surface area contributed by atoms with Gasteiger partial charge in [-0.1, -0.05) is 35.9 Å². The lowest BCUT2D eigenvalue weighted by Crippen LogP contribution is -2.27. The van der Waals surface area contributed by atoms with Gasteiger partial charge in [-0.25, -0.2) is 19.6 Å². The van der Waals surface area contributed by atoms with E-state index in [-0.39, 0.29) is 11.1 Å². The predicted octanol–water partition coefficient (Wildman–Crippen LogP) is 4.13. The SMILES string of the molecule is Cc1ccccc1Cn1nc(-c2nc(Cl)c3c(n2)NC(=O)C3(C)C)c2cccnc21. The van der Waals surface area contributed by atoms with Gasteiger partial charge >= 0.3 is 0 Å². The quantitative estimate of drug-likeness (QED) is 0.505. The van der Waals surface area contributed by atoms with Gasteiger partial charge < -0.3 is 5.32 Å². The van der Waals surface area contributed by atoms with E-state index in [9.17, 15) is 4.79 Å². The van der Waals surface area contributed by atoms with Crippen LogP contribution in [0.25, 0.3) is 22.6 Å². The highest BCUT2D eigenvalue weighted by Gasteiger charge is 2.42. The molecule has 8 heteroatoms. The number of halogens is 1. The van der Waals surface area contributed by atoms with E-state index < -0.39 is 5.41 Å². The third kappa shape index (κ3) is 2.77. The second-order valence-corrected chi connectivity index (χ2v) is 8.31. The monoisotopic (exact) mass is 418 g/mol. The van der Waals surface area contributed by atoms with Crippen molar-refractivity contribution in [1.29, 1.82) is 0 Å². The Morgan fingerprint density at radius 3 is 2.73 bits per heavy atom. The van der Waals surface area contributed by atoms with Gasteiger partial charge in [-0.2, -0.15) is 5.10 Å². The minimum absolute atomic E-state index is 0.151. The Labute approximate surface area is 178 Å². The summed E-state index contributed by atoms with van der Waals surface area (Å²) in [5, 5.41) is 8.67. The van der Waals surface area contributed by atoms with Crippen molar-refractivity contribution in [1.82, 2.24) is 24.7 Å². The van der Waals surface area contributed by atoms with Gasteiger partial charge in [0.1, 0.15) is 16.7 Å². The minimum atomic E-state index is -0.779. The number of carbonyl (C=O) groups excluding carboxylic acids is 1. The summed E-state index contributed by atoms with van der Waals surface area (Å²) in [7, 11) is 0. The first-order valence-electron chi connectivity index (χ1n) is 9.62. The first kappa shape index (κ1) is 18.7. The highest BCUT2D eigenvalue weighted by molar-refractivity contribution is 6.32. The second kappa shape index (κ2) is 6.60. The molecule has 4 aromatic rings. The van der Waals surface area contributed by atoms with Crippen LogP contribution in [0.4, 0.5) is 5.82 Å². The molecule has 0 bridgehead atoms. The maximum atomic E-state index is 12.3. The summed E-state index contributed by atoms with van der Waals surface area (Å²) in [5.41, 5.74) is 3.48. The molecule has 0 saturated heterocycles. The average molecular weight is 419 g/mol. The van der Waals surface area contributed by atoms with Crippen molar-refractivity contribution in [3.05, 3.63) is 64.4 Å². The van der Waals surface area contributed by atoms with Crippen LogP contribution in [0.3, 0.4) is 0 Å². The molecule has 4 heterocycles. The Morgan fingerprint density at radius 1 is 1.13 bits per heavy atom. The molecule has 1 N–H and O–H groups in total. The van der Waals surface area contributed by atoms with Crippen molar-refractivity contribution in [2.45, 2.75) is 32.7 Å². The lowest BCUT2D eigenvalue weighted by molar-refractivity contribution is -0.119. The van der Waals surface area contributed by atoms with Crippen LogP contribution >= 0.6 is 11.6 Å². The van der Waals surface area contributed by atoms with Crippen LogP contribution in [0.5, 0.6) is 0 Å². The van der Waals surface area contributed by atoms with Gasteiger partial charge in [0.25, 0.3) is 0 Å². The van der Waals surface area contributed by atoms with Gasteiger partial charge in [0.15, 0.2) is 11.5 Å². The van der Waals surface area contributed by atoms with Gasteiger partial charge in [0, 0.05) is 11.8 Å². The number of benzene rings is 1. The van der Waals surface area contributed by atoms with E-state index in [1.54, 1.807) is 20.0 Å². The summed E-state index contributed by atoms with van der Waals surface area (Å²) < 4.78 is 1.85. The fraction of sp³-hybridized carbons (Fsp3) is 0.227. The number of pyridine rings is 1. The van der Waals surface area contributed by atoms with Gasteiger partial charge in [0.05, 0.1) is 17.3 Å². The molecule has 0 unspecified atom stereocenters. The smallest absolute Gasteiger partial charge is 0.235 e. The largest absolute Gasteiger partial charge is 0.310 e. The number of carbonyl (C=O) groups is 1. The molecule has 0 aliphatic carbocycles. The zero-order valence-corrected chi connectivity index (χ0v) is 17.5. The fourth-order valence-corrected chi connectivity index (χ4v) is 4.20. The Kier molecular flexibility index (Phi) is 4.11. The molecular formula is C22H19ClN6O. The minimum Gasteiger partial charge on any atom is -0.310 e. The number of nitrogens with one attached hydrogen (secondary N) is 1. The Bertz CT molecular complexity index is 1330. The Balaban J connectivity index is 1.67. The zero-order valence-electron chi connectivity index (χ0n) is 16.8. The topological polar surface area (TPSA) is 85.6 Å². The van der Waals surface area contributed by atoms with Crippen molar-refractivity contribution < 1.29 is 4.79 Å². The number of amides is 1. The van der Waals surface area contributed by atoms with Crippen LogP contribution in [0.2, 0.25) is 5.15 Å². The number of anilines is 1. The number of hydrogen-bond donors (Lipinski definition) is 1. The van der Waals surface area contributed by atoms with Gasteiger partial charge in [-0.15, -0.1) is 0 Å². The van der Waals surface area contributed by atoms with Crippen LogP contribution in [0.1, 0.15) is 30.5 Å². The van der Waals surface area contributed by atoms with Crippen LogP contribution in [-0.2, 0) is 16.8 Å². The highest BCUT2D eigenvalue weighted by atomic mass is 35.5. The highest BCUT2D eigenvalue weighted by Crippen LogP contribution is 2.41. The number of aryl methyl sites for hydroxylation is 1. The summed E-state index contributed by atoms with van der Waals surface area (Å²) in [6.45, 7) is 6.25. The normalized spacial score (nSPS) is 14.7. The van der Waals surface area contributed by atoms with Crippen LogP contribution in [0.15, 0.2) is 42.6 Å². The van der Waals surface area contributed by atoms with Crippen LogP contribution in [-0.4, -0.2) is 30.6 Å². The maximum absolute atomic E-state index is 12.3. The van der Waals surface area contributed by atoms with E-state index >= 15 is 0 Å². The predicted molar refractivity (Wildman–Crippen MR) is 116 cm³/mol. The van der Waals surface area contributed by atoms with Crippen molar-refractivity contribution >= 4 is 34.4 Å². The molecule has 0 radical (unpaired) electrons. The van der Waals surface area contributed by atoms with E-state index in [4.69, 9.17) is 16.7 Å². The molecule has 1 aliphatic rings. The summed E-state index contributed by atoms with van der Waals surface area (Å²) in [6, 6.07) is 12.0. The lowest BCUT2D eigenvalue weighted by Gasteiger charge is -2.15. The second-order valence-electron chi connectivity index (χ2n) is 7.95. The number of hydrogen-bond acceptors (Lipinski definition) is 5. The summed E-state index contributed by atoms with van der Waals surface area (Å²) in [4.78, 5) is 25.9. The molecule has 1 aliphatic heterocycles. The number of aromatic nitrogens is 5. The van der Waals surface area contributed by atoms with E-state index in [2.05, 4.69) is 39.3 Å². The fourth-order valence-electron chi connectivity index (χ4n) is 3.79. The average Bonchev–Trinajstić information content (AvgIpc) is 3.18. The first-order chi connectivity index (χ1) is 14.4. The van der Waals surface area contributed by atoms with Gasteiger partial charge in [-0.3, -0.25) is 4.79 Å². The van der Waals surface area contributed by atoms with Crippen LogP contribution in [0, 0.1) is 6.92 Å². The molecule has 1 amide bonds. The molecule has 0 fully saturated rings. The molecule has 0 saturated carbocycles. The molecule has 7 nitrogen and oxygen atoms in total. The van der Waals surface area contributed by atoms with Gasteiger partial charge in [0.2, 0.25) is 5.91 Å². The lowest BCUT2D eigenvalue weighted by atomic mass is 9.88. The van der Waals surface area contributed by atoms with Gasteiger partial charge in [-0.05, 0) is 44.0 Å². The summed E-state index contributed by atoms with van der Waals surface area (Å²) >= 11 is 6.49. The molecular weight excluding hydrogens is 400 g/mol. The molecule has 150 valence electrons. The van der Waals surface area contributed by atoms with E-state index in [1.165, 1.54) is 5.56 Å². The Morgan fingerprint density at radius 2 is 1.93 bits per heavy atom. The summed E-state index contributed by atoms with van der Waals surface area (Å²) in [5.74, 6) is 0.645. The molecule has 3 aromatic heterocycles. The third-order valence-corrected chi connectivity index (χ3v) is 5.86. The maximum Gasteiger partial charge on any atom is 0.235 e. The number of nitrogens with zero attached hydrogens (tertiary/aromatic N) is 5. The molecule has 0 spiro atoms. The van der Waals surface area contributed by atoms with Crippen molar-refractivity contribution in [3.63, 3.8) is 0 Å². The van der Waals surface area contributed by atoms with E-state index in [1.807, 2.05) is 28.9 Å². The third-order valence-electron chi connectivity index (χ3n) is 5.59. The Hall–Kier alpha value is -3.32. The molecule has 5 rings (SSSR count). The van der Waals surface area contributed by atoms with E-state index in [0.29, 0.717) is 29.4 Å². The molecule has 1 aromatic carbocycles.